The molecule has 1 amide bonds. The maximum Gasteiger partial charge on any atom is 0.319 e. The van der Waals surface area contributed by atoms with E-state index in [0.717, 1.165) is 35.8 Å². The van der Waals surface area contributed by atoms with E-state index >= 15 is 4.39 Å². The molecule has 2 saturated heterocycles. The second kappa shape index (κ2) is 13.0. The summed E-state index contributed by atoms with van der Waals surface area (Å²) in [7, 11) is 4.67. The SMILES string of the molecule is CON(C)C(=O)CCCN(C)c1nc(OC[C@@]23CCCN2C[C@H](F)C3)nc2c(F)c(-c3ccc(F)c4sc(N)c(C#N)c34)c(Cl)cc12. The van der Waals surface area contributed by atoms with Crippen molar-refractivity contribution in [1.29, 1.82) is 5.26 Å². The van der Waals surface area contributed by atoms with E-state index < -0.39 is 23.3 Å². The highest BCUT2D eigenvalue weighted by Gasteiger charge is 2.49. The van der Waals surface area contributed by atoms with Crippen LogP contribution in [0.15, 0.2) is 18.2 Å². The van der Waals surface area contributed by atoms with Gasteiger partial charge in [0.15, 0.2) is 5.82 Å². The van der Waals surface area contributed by atoms with Gasteiger partial charge in [-0.15, -0.1) is 11.3 Å². The van der Waals surface area contributed by atoms with Gasteiger partial charge >= 0.3 is 6.01 Å². The summed E-state index contributed by atoms with van der Waals surface area (Å²) in [6, 6.07) is 5.96. The van der Waals surface area contributed by atoms with Crippen molar-refractivity contribution in [2.45, 2.75) is 43.8 Å². The Labute approximate surface area is 278 Å². The number of fused-ring (bicyclic) bond motifs is 3. The molecule has 15 heteroatoms. The van der Waals surface area contributed by atoms with Crippen LogP contribution in [0.5, 0.6) is 6.01 Å². The lowest BCUT2D eigenvalue weighted by Crippen LogP contribution is -2.43. The lowest BCUT2D eigenvalue weighted by atomic mass is 9.95. The molecule has 248 valence electrons. The van der Waals surface area contributed by atoms with E-state index in [2.05, 4.69) is 14.9 Å². The van der Waals surface area contributed by atoms with Crippen LogP contribution < -0.4 is 15.4 Å². The molecule has 2 aliphatic rings. The van der Waals surface area contributed by atoms with E-state index in [1.807, 2.05) is 6.07 Å². The van der Waals surface area contributed by atoms with Crippen LogP contribution in [0.2, 0.25) is 5.02 Å². The van der Waals surface area contributed by atoms with Gasteiger partial charge in [0, 0.05) is 56.4 Å². The number of anilines is 2. The molecule has 0 saturated carbocycles. The van der Waals surface area contributed by atoms with Crippen LogP contribution in [0, 0.1) is 23.0 Å². The van der Waals surface area contributed by atoms with Crippen LogP contribution in [0.3, 0.4) is 0 Å². The summed E-state index contributed by atoms with van der Waals surface area (Å²) in [5, 5.41) is 11.5. The maximum absolute atomic E-state index is 16.8. The molecule has 0 spiro atoms. The number of hydrogen-bond acceptors (Lipinski definition) is 10. The number of benzene rings is 2. The first-order valence-electron chi connectivity index (χ1n) is 15.1. The molecule has 2 atom stereocenters. The van der Waals surface area contributed by atoms with Gasteiger partial charge in [-0.3, -0.25) is 14.5 Å². The first-order chi connectivity index (χ1) is 22.5. The highest BCUT2D eigenvalue weighted by atomic mass is 35.5. The number of amides is 1. The number of thiophene rings is 1. The first kappa shape index (κ1) is 33.0. The van der Waals surface area contributed by atoms with Gasteiger partial charge in [0.1, 0.15) is 41.0 Å². The van der Waals surface area contributed by atoms with E-state index in [-0.39, 0.29) is 72.6 Å². The van der Waals surface area contributed by atoms with Crippen molar-refractivity contribution in [2.75, 3.05) is 58.1 Å². The third kappa shape index (κ3) is 5.90. The molecule has 10 nitrogen and oxygen atoms in total. The number of nitrogens with two attached hydrogens (primary N) is 1. The molecule has 2 N–H and O–H groups in total. The number of alkyl halides is 1. The normalized spacial score (nSPS) is 19.3. The summed E-state index contributed by atoms with van der Waals surface area (Å²) in [6.07, 6.45) is 1.67. The zero-order chi connectivity index (χ0) is 33.6. The van der Waals surface area contributed by atoms with Gasteiger partial charge in [0.2, 0.25) is 5.91 Å². The van der Waals surface area contributed by atoms with Crippen molar-refractivity contribution in [1.82, 2.24) is 19.9 Å². The number of halogens is 4. The smallest absolute Gasteiger partial charge is 0.319 e. The summed E-state index contributed by atoms with van der Waals surface area (Å²) in [4.78, 5) is 30.2. The topological polar surface area (TPSA) is 121 Å². The lowest BCUT2D eigenvalue weighted by Gasteiger charge is -2.31. The minimum atomic E-state index is -0.961. The van der Waals surface area contributed by atoms with Crippen LogP contribution in [0.4, 0.5) is 24.0 Å². The molecule has 2 aromatic heterocycles. The van der Waals surface area contributed by atoms with Gasteiger partial charge in [-0.1, -0.05) is 17.7 Å². The summed E-state index contributed by atoms with van der Waals surface area (Å²) < 4.78 is 52.4. The molecule has 2 aliphatic heterocycles. The molecule has 6 rings (SSSR count). The number of nitrogens with zero attached hydrogens (tertiary/aromatic N) is 6. The van der Waals surface area contributed by atoms with Crippen molar-refractivity contribution in [3.05, 3.63) is 40.4 Å². The zero-order valence-corrected chi connectivity index (χ0v) is 27.7. The largest absolute Gasteiger partial charge is 0.461 e. The van der Waals surface area contributed by atoms with Crippen molar-refractivity contribution in [3.63, 3.8) is 0 Å². The van der Waals surface area contributed by atoms with Gasteiger partial charge in [0.25, 0.3) is 0 Å². The standard InChI is InChI=1S/C32H33ClF3N7O3S/c1-41(10-4-6-23(44)42(2)45-3)30-19-12-21(33)25(18-7-8-22(35)28-24(18)20(14-37)29(38)47-28)26(36)27(19)39-31(40-30)46-16-32-9-5-11-43(32)15-17(34)13-32/h7-8,12,17H,4-6,9-11,13,15-16,38H2,1-3H3/t17-,32+/m1/s1. The molecule has 2 aromatic carbocycles. The summed E-state index contributed by atoms with van der Waals surface area (Å²) in [6.45, 7) is 1.59. The van der Waals surface area contributed by atoms with Crippen LogP contribution >= 0.6 is 22.9 Å². The molecule has 0 bridgehead atoms. The number of carbonyl (C=O) groups is 1. The Morgan fingerprint density at radius 1 is 1.32 bits per heavy atom. The van der Waals surface area contributed by atoms with Crippen LogP contribution in [-0.2, 0) is 9.63 Å². The number of ether oxygens (including phenoxy) is 1. The molecule has 0 aliphatic carbocycles. The maximum atomic E-state index is 16.8. The number of rotatable bonds is 10. The fourth-order valence-corrected chi connectivity index (χ4v) is 7.99. The van der Waals surface area contributed by atoms with E-state index in [4.69, 9.17) is 26.9 Å². The molecule has 47 heavy (non-hydrogen) atoms. The number of hydroxylamine groups is 2. The third-order valence-corrected chi connectivity index (χ3v) is 10.5. The molecule has 0 radical (unpaired) electrons. The third-order valence-electron chi connectivity index (χ3n) is 9.14. The summed E-state index contributed by atoms with van der Waals surface area (Å²) in [5.74, 6) is -1.32. The number of carbonyl (C=O) groups excluding carboxylic acids is 1. The number of nitrogen functional groups attached to an aromatic ring is 1. The van der Waals surface area contributed by atoms with Crippen LogP contribution in [0.25, 0.3) is 32.1 Å². The van der Waals surface area contributed by atoms with E-state index in [9.17, 15) is 18.8 Å². The van der Waals surface area contributed by atoms with Crippen molar-refractivity contribution >= 4 is 60.7 Å². The van der Waals surface area contributed by atoms with Crippen molar-refractivity contribution in [3.8, 4) is 23.2 Å². The van der Waals surface area contributed by atoms with Crippen molar-refractivity contribution in [2.24, 2.45) is 0 Å². The highest BCUT2D eigenvalue weighted by molar-refractivity contribution is 7.23. The first-order valence-corrected chi connectivity index (χ1v) is 16.3. The highest BCUT2D eigenvalue weighted by Crippen LogP contribution is 2.46. The Bertz CT molecular complexity index is 1920. The van der Waals surface area contributed by atoms with Gasteiger partial charge < -0.3 is 15.4 Å². The van der Waals surface area contributed by atoms with E-state index in [1.54, 1.807) is 11.9 Å². The summed E-state index contributed by atoms with van der Waals surface area (Å²) >= 11 is 7.66. The Morgan fingerprint density at radius 3 is 2.85 bits per heavy atom. The Morgan fingerprint density at radius 2 is 2.11 bits per heavy atom. The Hall–Kier alpha value is -3.90. The Kier molecular flexibility index (Phi) is 9.10. The fourth-order valence-electron chi connectivity index (χ4n) is 6.75. The minimum absolute atomic E-state index is 0.0131. The van der Waals surface area contributed by atoms with Crippen LogP contribution in [-0.4, -0.2) is 85.0 Å². The van der Waals surface area contributed by atoms with Crippen molar-refractivity contribution < 1.29 is 27.5 Å². The van der Waals surface area contributed by atoms with Gasteiger partial charge in [-0.2, -0.15) is 15.2 Å². The molecule has 4 aromatic rings. The molecule has 0 unspecified atom stereocenters. The van der Waals surface area contributed by atoms with Gasteiger partial charge in [0.05, 0.1) is 27.9 Å². The number of nitriles is 1. The Balaban J connectivity index is 1.45. The molecule has 4 heterocycles. The molecule has 2 fully saturated rings. The molecular formula is C32H33ClF3N7O3S. The molecular weight excluding hydrogens is 655 g/mol. The second-order valence-electron chi connectivity index (χ2n) is 12.0. The van der Waals surface area contributed by atoms with Gasteiger partial charge in [-0.25, -0.2) is 18.2 Å². The zero-order valence-electron chi connectivity index (χ0n) is 26.1. The summed E-state index contributed by atoms with van der Waals surface area (Å²) in [5.41, 5.74) is 5.56. The minimum Gasteiger partial charge on any atom is -0.461 e. The predicted octanol–water partition coefficient (Wildman–Crippen LogP) is 6.09. The average molecular weight is 688 g/mol. The number of hydrogen-bond donors (Lipinski definition) is 1. The van der Waals surface area contributed by atoms with E-state index in [1.165, 1.54) is 32.4 Å². The monoisotopic (exact) mass is 687 g/mol. The van der Waals surface area contributed by atoms with Gasteiger partial charge in [-0.05, 0) is 43.5 Å². The van der Waals surface area contributed by atoms with Crippen LogP contribution in [0.1, 0.15) is 37.7 Å². The fraction of sp³-hybridized carbons (Fsp3) is 0.438. The second-order valence-corrected chi connectivity index (χ2v) is 13.4. The predicted molar refractivity (Wildman–Crippen MR) is 175 cm³/mol. The lowest BCUT2D eigenvalue weighted by molar-refractivity contribution is -0.168. The number of aromatic nitrogens is 2. The average Bonchev–Trinajstić information content (AvgIpc) is 3.69. The quantitative estimate of drug-likeness (QED) is 0.198. The van der Waals surface area contributed by atoms with E-state index in [0.29, 0.717) is 31.7 Å².